The quantitative estimate of drug-likeness (QED) is 0.320. The molecule has 8 rings (SSSR count). The number of Topliss-reactive ketones (excluding diaryl/α,β-unsaturated/α-hetero) is 1. The molecule has 7 nitrogen and oxygen atoms in total. The average Bonchev–Trinajstić information content (AvgIpc) is 3.85. The van der Waals surface area contributed by atoms with Crippen molar-refractivity contribution in [3.63, 3.8) is 0 Å². The third kappa shape index (κ3) is 4.95. The van der Waals surface area contributed by atoms with Gasteiger partial charge in [-0.15, -0.1) is 0 Å². The number of hydrogen-bond acceptors (Lipinski definition) is 7. The van der Waals surface area contributed by atoms with Crippen LogP contribution in [0.2, 0.25) is 0 Å². The van der Waals surface area contributed by atoms with E-state index in [1.54, 1.807) is 18.7 Å². The predicted octanol–water partition coefficient (Wildman–Crippen LogP) is 7.06. The monoisotopic (exact) mass is 588 g/mol. The number of aromatic nitrogens is 2. The molecule has 0 amide bonds. The Kier molecular flexibility index (Phi) is 6.34. The molecule has 0 fully saturated rings. The molecule has 2 aromatic heterocycles. The summed E-state index contributed by atoms with van der Waals surface area (Å²) in [4.78, 5) is 38.5. The molecule has 1 aromatic carbocycles. The molecular weight excluding hydrogens is 565 g/mol. The van der Waals surface area contributed by atoms with Gasteiger partial charge in [0.1, 0.15) is 0 Å². The van der Waals surface area contributed by atoms with Gasteiger partial charge in [0, 0.05) is 40.9 Å². The minimum Gasteiger partial charge on any atom is -0.343 e. The molecule has 8 bridgehead atoms. The van der Waals surface area contributed by atoms with Gasteiger partial charge < -0.3 is 4.57 Å². The molecule has 0 saturated heterocycles. The zero-order valence-corrected chi connectivity index (χ0v) is 24.5. The first-order chi connectivity index (χ1) is 21.6. The molecule has 0 saturated carbocycles. The largest absolute Gasteiger partial charge is 0.343 e. The second-order valence-electron chi connectivity index (χ2n) is 10.7. The first-order valence-corrected chi connectivity index (χ1v) is 15.0. The van der Waals surface area contributed by atoms with Crippen LogP contribution < -0.4 is 0 Å². The van der Waals surface area contributed by atoms with Crippen molar-refractivity contribution in [1.29, 1.82) is 0 Å². The van der Waals surface area contributed by atoms with Gasteiger partial charge in [-0.05, 0) is 104 Å². The number of benzene rings is 1. The number of carbonyl (C=O) groups excluding carboxylic acids is 1. The van der Waals surface area contributed by atoms with Crippen molar-refractivity contribution in [2.24, 2.45) is 20.0 Å². The Morgan fingerprint density at radius 3 is 2.09 bits per heavy atom. The number of pyridine rings is 1. The number of thioether (sulfide) groups is 1. The Bertz CT molecular complexity index is 2170. The van der Waals surface area contributed by atoms with Crippen LogP contribution in [-0.2, 0) is 11.3 Å². The summed E-state index contributed by atoms with van der Waals surface area (Å²) in [5, 5.41) is 1.11. The van der Waals surface area contributed by atoms with Gasteiger partial charge >= 0.3 is 0 Å². The minimum atomic E-state index is -0.0534. The van der Waals surface area contributed by atoms with E-state index in [-0.39, 0.29) is 5.78 Å². The molecule has 44 heavy (non-hydrogen) atoms. The zero-order valence-electron chi connectivity index (χ0n) is 23.7. The van der Waals surface area contributed by atoms with E-state index in [4.69, 9.17) is 20.0 Å². The van der Waals surface area contributed by atoms with Crippen LogP contribution in [0.15, 0.2) is 174 Å². The number of nitrogens with zero attached hydrogens (tertiary/aromatic N) is 6. The lowest BCUT2D eigenvalue weighted by molar-refractivity contribution is -0.113. The fourth-order valence-electron chi connectivity index (χ4n) is 5.59. The Morgan fingerprint density at radius 2 is 1.41 bits per heavy atom. The van der Waals surface area contributed by atoms with Crippen LogP contribution in [0.5, 0.6) is 0 Å². The lowest BCUT2D eigenvalue weighted by atomic mass is 10.1. The van der Waals surface area contributed by atoms with Crippen molar-refractivity contribution in [3.05, 3.63) is 155 Å². The molecule has 0 aliphatic carbocycles. The second-order valence-corrected chi connectivity index (χ2v) is 11.7. The molecule has 210 valence electrons. The summed E-state index contributed by atoms with van der Waals surface area (Å²) in [7, 11) is 0. The van der Waals surface area contributed by atoms with Crippen molar-refractivity contribution in [1.82, 2.24) is 9.55 Å². The van der Waals surface area contributed by atoms with E-state index >= 15 is 0 Å². The summed E-state index contributed by atoms with van der Waals surface area (Å²) in [5.41, 5.74) is 8.91. The maximum Gasteiger partial charge on any atom is 0.163 e. The van der Waals surface area contributed by atoms with E-state index in [0.717, 1.165) is 61.5 Å². The van der Waals surface area contributed by atoms with Gasteiger partial charge in [-0.3, -0.25) is 9.78 Å². The van der Waals surface area contributed by atoms with E-state index in [9.17, 15) is 4.79 Å². The highest BCUT2D eigenvalue weighted by atomic mass is 32.2. The SMILES string of the molecule is CC(=O)C1=C(Sc2cccc3c2ccn3Cc2ccncc2)C2=CC3=NC(=CC4=NC(=CC5=NC(=CC1=N2)C=C5)C=C4)C=C3. The average molecular weight is 589 g/mol. The van der Waals surface area contributed by atoms with Crippen LogP contribution in [0.3, 0.4) is 0 Å². The third-order valence-corrected chi connectivity index (χ3v) is 8.80. The fourth-order valence-corrected chi connectivity index (χ4v) is 6.80. The van der Waals surface area contributed by atoms with Gasteiger partial charge in [0.25, 0.3) is 0 Å². The van der Waals surface area contributed by atoms with Crippen LogP contribution in [0.1, 0.15) is 12.5 Å². The smallest absolute Gasteiger partial charge is 0.163 e. The molecule has 5 aliphatic heterocycles. The Morgan fingerprint density at radius 1 is 0.750 bits per heavy atom. The minimum absolute atomic E-state index is 0.0534. The standard InChI is InChI=1S/C36H24N6OS/c1-22(43)35-31-19-28-9-7-26(39-28)17-24-5-6-25(38-24)18-27-8-10-29(40-27)20-32(41-31)36(35)44-34-4-2-3-33-30(34)13-16-42(33)21-23-11-14-37-15-12-23/h2-20H,21H2,1H3. The molecule has 0 unspecified atom stereocenters. The number of rotatable bonds is 5. The van der Waals surface area contributed by atoms with Crippen LogP contribution in [-0.4, -0.2) is 38.2 Å². The van der Waals surface area contributed by atoms with Crippen LogP contribution in [0.25, 0.3) is 10.9 Å². The number of aliphatic imine (C=N–C) groups is 4. The molecule has 3 aromatic rings. The lowest BCUT2D eigenvalue weighted by Crippen LogP contribution is -2.06. The zero-order chi connectivity index (χ0) is 29.6. The Balaban J connectivity index is 1.24. The molecule has 0 atom stereocenters. The van der Waals surface area contributed by atoms with Gasteiger partial charge in [-0.25, -0.2) is 20.0 Å². The number of carbonyl (C=O) groups is 1. The lowest BCUT2D eigenvalue weighted by Gasteiger charge is -2.10. The van der Waals surface area contributed by atoms with Gasteiger partial charge in [0.05, 0.1) is 56.1 Å². The maximum absolute atomic E-state index is 13.3. The van der Waals surface area contributed by atoms with Crippen molar-refractivity contribution < 1.29 is 4.79 Å². The summed E-state index contributed by atoms with van der Waals surface area (Å²) in [6.45, 7) is 2.34. The molecule has 8 heteroatoms. The van der Waals surface area contributed by atoms with E-state index in [2.05, 4.69) is 40.0 Å². The highest BCUT2D eigenvalue weighted by molar-refractivity contribution is 8.03. The van der Waals surface area contributed by atoms with E-state index in [1.807, 2.05) is 85.3 Å². The summed E-state index contributed by atoms with van der Waals surface area (Å²) in [6.07, 6.45) is 25.2. The molecule has 5 aliphatic rings. The molecular formula is C36H24N6OS. The number of fused-ring (bicyclic) bond motifs is 5. The van der Waals surface area contributed by atoms with Gasteiger partial charge in [-0.2, -0.15) is 0 Å². The first kappa shape index (κ1) is 26.2. The Labute approximate surface area is 258 Å². The van der Waals surface area contributed by atoms with Gasteiger partial charge in [-0.1, -0.05) is 17.8 Å². The number of allylic oxidation sites excluding steroid dienone is 11. The second kappa shape index (κ2) is 10.7. The van der Waals surface area contributed by atoms with Crippen molar-refractivity contribution >= 4 is 51.3 Å². The van der Waals surface area contributed by atoms with E-state index < -0.39 is 0 Å². The summed E-state index contributed by atoms with van der Waals surface area (Å²) in [5.74, 6) is -0.0534. The normalized spacial score (nSPS) is 18.2. The Hall–Kier alpha value is -5.47. The van der Waals surface area contributed by atoms with Gasteiger partial charge in [0.15, 0.2) is 5.78 Å². The molecule has 0 spiro atoms. The third-order valence-electron chi connectivity index (χ3n) is 7.61. The van der Waals surface area contributed by atoms with Crippen molar-refractivity contribution in [2.45, 2.75) is 18.4 Å². The van der Waals surface area contributed by atoms with E-state index in [1.165, 1.54) is 5.56 Å². The van der Waals surface area contributed by atoms with Crippen LogP contribution in [0.4, 0.5) is 0 Å². The fraction of sp³-hybridized carbons (Fsp3) is 0.0556. The van der Waals surface area contributed by atoms with Crippen LogP contribution >= 0.6 is 11.8 Å². The highest BCUT2D eigenvalue weighted by Crippen LogP contribution is 2.43. The highest BCUT2D eigenvalue weighted by Gasteiger charge is 2.28. The number of ketones is 1. The van der Waals surface area contributed by atoms with Crippen molar-refractivity contribution in [2.75, 3.05) is 0 Å². The van der Waals surface area contributed by atoms with Crippen molar-refractivity contribution in [3.8, 4) is 0 Å². The maximum atomic E-state index is 13.3. The van der Waals surface area contributed by atoms with Gasteiger partial charge in [0.2, 0.25) is 0 Å². The molecule has 7 heterocycles. The number of hydrogen-bond donors (Lipinski definition) is 0. The summed E-state index contributed by atoms with van der Waals surface area (Å²) in [6, 6.07) is 12.5. The van der Waals surface area contributed by atoms with Crippen LogP contribution in [0, 0.1) is 0 Å². The first-order valence-electron chi connectivity index (χ1n) is 14.2. The topological polar surface area (TPSA) is 84.3 Å². The summed E-state index contributed by atoms with van der Waals surface area (Å²) >= 11 is 1.56. The summed E-state index contributed by atoms with van der Waals surface area (Å²) < 4.78 is 2.23. The molecule has 0 radical (unpaired) electrons. The van der Waals surface area contributed by atoms with E-state index in [0.29, 0.717) is 17.0 Å². The molecule has 0 N–H and O–H groups in total. The predicted molar refractivity (Wildman–Crippen MR) is 178 cm³/mol.